The summed E-state index contributed by atoms with van der Waals surface area (Å²) in [5, 5.41) is 20.8. The van der Waals surface area contributed by atoms with Crippen molar-refractivity contribution in [1.29, 1.82) is 0 Å². The first-order valence-electron chi connectivity index (χ1n) is 5.60. The normalized spacial score (nSPS) is 16.9. The number of nitrogens with zero attached hydrogens (tertiary/aromatic N) is 3. The molecule has 1 rings (SSSR count). The fourth-order valence-corrected chi connectivity index (χ4v) is 1.42. The van der Waals surface area contributed by atoms with Gasteiger partial charge in [0.1, 0.15) is 17.6 Å². The molecule has 2 atom stereocenters. The molecule has 0 bridgehead atoms. The van der Waals surface area contributed by atoms with E-state index < -0.39 is 5.41 Å². The third-order valence-electron chi connectivity index (χ3n) is 3.07. The standard InChI is InChI=1S/C10H18N6O2/c1-4-10(3,8(11)16-18)9(17)14-6(2)7-12-5-13-15-7/h5-6,18H,4H2,1-3H3,(H2,11,16)(H,14,17)(H,12,13,15). The first-order chi connectivity index (χ1) is 8.45. The van der Waals surface area contributed by atoms with Crippen molar-refractivity contribution in [3.8, 4) is 0 Å². The van der Waals surface area contributed by atoms with E-state index in [1.54, 1.807) is 20.8 Å². The van der Waals surface area contributed by atoms with Crippen LogP contribution in [0.3, 0.4) is 0 Å². The molecule has 0 aliphatic heterocycles. The van der Waals surface area contributed by atoms with Crippen LogP contribution in [-0.2, 0) is 4.79 Å². The average Bonchev–Trinajstić information content (AvgIpc) is 2.90. The number of rotatable bonds is 5. The van der Waals surface area contributed by atoms with Crippen LogP contribution < -0.4 is 11.1 Å². The molecule has 0 spiro atoms. The molecule has 0 aliphatic carbocycles. The Labute approximate surface area is 105 Å². The van der Waals surface area contributed by atoms with Crippen LogP contribution in [0.15, 0.2) is 11.5 Å². The van der Waals surface area contributed by atoms with Gasteiger partial charge in [0.15, 0.2) is 5.84 Å². The predicted octanol–water partition coefficient (Wildman–Crippen LogP) is 0.145. The smallest absolute Gasteiger partial charge is 0.234 e. The Bertz CT molecular complexity index is 430. The number of nitrogens with two attached hydrogens (primary N) is 1. The van der Waals surface area contributed by atoms with Crippen LogP contribution in [0.25, 0.3) is 0 Å². The van der Waals surface area contributed by atoms with E-state index in [1.807, 2.05) is 0 Å². The van der Waals surface area contributed by atoms with Crippen LogP contribution in [0.2, 0.25) is 0 Å². The van der Waals surface area contributed by atoms with E-state index in [-0.39, 0.29) is 17.8 Å². The molecule has 1 amide bonds. The highest BCUT2D eigenvalue weighted by Crippen LogP contribution is 2.22. The molecule has 0 aromatic carbocycles. The second kappa shape index (κ2) is 5.48. The topological polar surface area (TPSA) is 129 Å². The monoisotopic (exact) mass is 254 g/mol. The molecule has 0 saturated heterocycles. The largest absolute Gasteiger partial charge is 0.409 e. The van der Waals surface area contributed by atoms with Gasteiger partial charge in [-0.3, -0.25) is 9.89 Å². The fraction of sp³-hybridized carbons (Fsp3) is 0.600. The van der Waals surface area contributed by atoms with Crippen molar-refractivity contribution in [2.24, 2.45) is 16.3 Å². The average molecular weight is 254 g/mol. The number of hydrogen-bond acceptors (Lipinski definition) is 5. The van der Waals surface area contributed by atoms with Gasteiger partial charge in [-0.1, -0.05) is 12.1 Å². The minimum Gasteiger partial charge on any atom is -0.409 e. The summed E-state index contributed by atoms with van der Waals surface area (Å²) in [4.78, 5) is 16.1. The molecule has 1 aromatic rings. The summed E-state index contributed by atoms with van der Waals surface area (Å²) >= 11 is 0. The number of H-pyrrole nitrogens is 1. The van der Waals surface area contributed by atoms with E-state index in [9.17, 15) is 4.79 Å². The summed E-state index contributed by atoms with van der Waals surface area (Å²) in [6.07, 6.45) is 1.78. The molecule has 1 heterocycles. The number of aromatic nitrogens is 3. The van der Waals surface area contributed by atoms with E-state index in [4.69, 9.17) is 10.9 Å². The van der Waals surface area contributed by atoms with Crippen molar-refractivity contribution in [2.75, 3.05) is 0 Å². The van der Waals surface area contributed by atoms with Gasteiger partial charge in [0, 0.05) is 0 Å². The third kappa shape index (κ3) is 2.58. The number of aromatic amines is 1. The van der Waals surface area contributed by atoms with E-state index in [0.717, 1.165) is 0 Å². The maximum Gasteiger partial charge on any atom is 0.234 e. The molecule has 18 heavy (non-hydrogen) atoms. The minimum absolute atomic E-state index is 0.118. The first kappa shape index (κ1) is 13.9. The van der Waals surface area contributed by atoms with Gasteiger partial charge in [-0.25, -0.2) is 4.98 Å². The first-order valence-corrected chi connectivity index (χ1v) is 5.60. The Morgan fingerprint density at radius 1 is 1.78 bits per heavy atom. The van der Waals surface area contributed by atoms with E-state index >= 15 is 0 Å². The van der Waals surface area contributed by atoms with Gasteiger partial charge in [-0.15, -0.1) is 0 Å². The van der Waals surface area contributed by atoms with Crippen molar-refractivity contribution in [3.05, 3.63) is 12.2 Å². The predicted molar refractivity (Wildman–Crippen MR) is 64.7 cm³/mol. The number of amidine groups is 1. The highest BCUT2D eigenvalue weighted by Gasteiger charge is 2.37. The quantitative estimate of drug-likeness (QED) is 0.257. The van der Waals surface area contributed by atoms with Crippen LogP contribution >= 0.6 is 0 Å². The molecule has 0 fully saturated rings. The molecule has 5 N–H and O–H groups in total. The number of carbonyl (C=O) groups is 1. The zero-order chi connectivity index (χ0) is 13.8. The Kier molecular flexibility index (Phi) is 4.24. The number of oxime groups is 1. The van der Waals surface area contributed by atoms with Crippen LogP contribution in [0.4, 0.5) is 0 Å². The highest BCUT2D eigenvalue weighted by atomic mass is 16.4. The van der Waals surface area contributed by atoms with Crippen LogP contribution in [0, 0.1) is 5.41 Å². The lowest BCUT2D eigenvalue weighted by atomic mass is 9.85. The zero-order valence-electron chi connectivity index (χ0n) is 10.6. The molecular formula is C10H18N6O2. The van der Waals surface area contributed by atoms with Crippen molar-refractivity contribution in [2.45, 2.75) is 33.2 Å². The molecule has 0 aliphatic rings. The molecule has 100 valence electrons. The Morgan fingerprint density at radius 3 is 2.89 bits per heavy atom. The van der Waals surface area contributed by atoms with Crippen LogP contribution in [0.5, 0.6) is 0 Å². The van der Waals surface area contributed by atoms with Gasteiger partial charge in [0.25, 0.3) is 0 Å². The Morgan fingerprint density at radius 2 is 2.44 bits per heavy atom. The van der Waals surface area contributed by atoms with Crippen LogP contribution in [-0.4, -0.2) is 32.1 Å². The van der Waals surface area contributed by atoms with Crippen molar-refractivity contribution >= 4 is 11.7 Å². The third-order valence-corrected chi connectivity index (χ3v) is 3.07. The van der Waals surface area contributed by atoms with Gasteiger partial charge in [0.05, 0.1) is 6.04 Å². The number of nitrogens with one attached hydrogen (secondary N) is 2. The number of carbonyl (C=O) groups excluding carboxylic acids is 1. The number of hydrogen-bond donors (Lipinski definition) is 4. The van der Waals surface area contributed by atoms with E-state index in [1.165, 1.54) is 6.33 Å². The maximum atomic E-state index is 12.2. The highest BCUT2D eigenvalue weighted by molar-refractivity contribution is 6.06. The fourth-order valence-electron chi connectivity index (χ4n) is 1.42. The summed E-state index contributed by atoms with van der Waals surface area (Å²) in [6, 6.07) is -0.336. The van der Waals surface area contributed by atoms with E-state index in [0.29, 0.717) is 12.2 Å². The molecule has 8 nitrogen and oxygen atoms in total. The summed E-state index contributed by atoms with van der Waals surface area (Å²) in [5.74, 6) is 0.0952. The van der Waals surface area contributed by atoms with Crippen molar-refractivity contribution in [1.82, 2.24) is 20.5 Å². The molecular weight excluding hydrogens is 236 g/mol. The summed E-state index contributed by atoms with van der Waals surface area (Å²) in [7, 11) is 0. The summed E-state index contributed by atoms with van der Waals surface area (Å²) in [6.45, 7) is 5.17. The number of amides is 1. The molecule has 0 saturated carbocycles. The second-order valence-corrected chi connectivity index (χ2v) is 4.24. The minimum atomic E-state index is -1.05. The lowest BCUT2D eigenvalue weighted by Gasteiger charge is -2.26. The zero-order valence-corrected chi connectivity index (χ0v) is 10.6. The second-order valence-electron chi connectivity index (χ2n) is 4.24. The van der Waals surface area contributed by atoms with Crippen molar-refractivity contribution < 1.29 is 10.0 Å². The van der Waals surface area contributed by atoms with Gasteiger partial charge < -0.3 is 16.3 Å². The Hall–Kier alpha value is -2.12. The van der Waals surface area contributed by atoms with Gasteiger partial charge >= 0.3 is 0 Å². The molecule has 8 heteroatoms. The summed E-state index contributed by atoms with van der Waals surface area (Å²) < 4.78 is 0. The van der Waals surface area contributed by atoms with Crippen molar-refractivity contribution in [3.63, 3.8) is 0 Å². The lowest BCUT2D eigenvalue weighted by molar-refractivity contribution is -0.127. The lowest BCUT2D eigenvalue weighted by Crippen LogP contribution is -2.48. The molecule has 0 radical (unpaired) electrons. The Balaban J connectivity index is 2.81. The maximum absolute atomic E-state index is 12.2. The molecule has 2 unspecified atom stereocenters. The van der Waals surface area contributed by atoms with Gasteiger partial charge in [0.2, 0.25) is 5.91 Å². The SMILES string of the molecule is CCC(C)(C(=O)NC(C)c1ncn[nH]1)C(N)=NO. The van der Waals surface area contributed by atoms with Crippen LogP contribution in [0.1, 0.15) is 39.1 Å². The van der Waals surface area contributed by atoms with Gasteiger partial charge in [-0.05, 0) is 20.3 Å². The van der Waals surface area contributed by atoms with E-state index in [2.05, 4.69) is 25.7 Å². The van der Waals surface area contributed by atoms with Gasteiger partial charge in [-0.2, -0.15) is 5.10 Å². The molecule has 1 aromatic heterocycles. The summed E-state index contributed by atoms with van der Waals surface area (Å²) in [5.41, 5.74) is 4.51.